The van der Waals surface area contributed by atoms with Gasteiger partial charge in [0.2, 0.25) is 0 Å². The molecule has 0 radical (unpaired) electrons. The molecule has 0 N–H and O–H groups in total. The highest BCUT2D eigenvalue weighted by molar-refractivity contribution is 5.72. The number of hydrazone groups is 1. The van der Waals surface area contributed by atoms with E-state index in [1.165, 1.54) is 7.11 Å². The van der Waals surface area contributed by atoms with Crippen molar-refractivity contribution < 1.29 is 9.77 Å². The lowest BCUT2D eigenvalue weighted by molar-refractivity contribution is -0.487. The molecule has 94 valence electrons. The van der Waals surface area contributed by atoms with E-state index in [9.17, 15) is 10.1 Å². The number of unbranched alkanes of at least 4 members (excludes halogenated alkanes) is 2. The Hall–Kier alpha value is -1.33. The van der Waals surface area contributed by atoms with Crippen LogP contribution in [0.3, 0.4) is 0 Å². The molecular formula is C10H21N3O3. The molecular weight excluding hydrogens is 210 g/mol. The summed E-state index contributed by atoms with van der Waals surface area (Å²) >= 11 is 0. The highest BCUT2D eigenvalue weighted by atomic mass is 16.7. The van der Waals surface area contributed by atoms with Gasteiger partial charge in [0.05, 0.1) is 7.11 Å². The molecule has 0 aliphatic heterocycles. The van der Waals surface area contributed by atoms with E-state index in [-0.39, 0.29) is 6.02 Å². The zero-order chi connectivity index (χ0) is 12.4. The second-order valence-electron chi connectivity index (χ2n) is 3.52. The first-order valence-electron chi connectivity index (χ1n) is 5.67. The maximum absolute atomic E-state index is 10.3. The molecule has 0 spiro atoms. The Balaban J connectivity index is 4.48. The largest absolute Gasteiger partial charge is 0.464 e. The molecule has 0 amide bonds. The van der Waals surface area contributed by atoms with Crippen LogP contribution in [0.5, 0.6) is 0 Å². The lowest BCUT2D eigenvalue weighted by Gasteiger charge is -2.22. The number of hydrogen-bond acceptors (Lipinski definition) is 3. The minimum atomic E-state index is -0.719. The van der Waals surface area contributed by atoms with Gasteiger partial charge in [-0.2, -0.15) is 0 Å². The maximum atomic E-state index is 10.3. The summed E-state index contributed by atoms with van der Waals surface area (Å²) in [6, 6.07) is 0.104. The van der Waals surface area contributed by atoms with Crippen molar-refractivity contribution in [3.05, 3.63) is 10.1 Å². The maximum Gasteiger partial charge on any atom is 0.361 e. The van der Waals surface area contributed by atoms with Crippen LogP contribution in [0.25, 0.3) is 0 Å². The van der Waals surface area contributed by atoms with E-state index in [4.69, 9.17) is 4.74 Å². The monoisotopic (exact) mass is 231 g/mol. The summed E-state index contributed by atoms with van der Waals surface area (Å²) in [6.07, 6.45) is 4.03. The molecule has 0 saturated carbocycles. The highest BCUT2D eigenvalue weighted by Gasteiger charge is 2.14. The van der Waals surface area contributed by atoms with Crippen LogP contribution >= 0.6 is 0 Å². The molecule has 0 bridgehead atoms. The fourth-order valence-corrected chi connectivity index (χ4v) is 1.30. The average Bonchev–Trinajstić information content (AvgIpc) is 2.26. The van der Waals surface area contributed by atoms with Crippen molar-refractivity contribution in [2.24, 2.45) is 5.10 Å². The minimum Gasteiger partial charge on any atom is -0.464 e. The Labute approximate surface area is 96.4 Å². The second kappa shape index (κ2) is 8.94. The number of methoxy groups -OCH3 is 1. The molecule has 6 heteroatoms. The molecule has 0 unspecified atom stereocenters. The van der Waals surface area contributed by atoms with Crippen LogP contribution < -0.4 is 0 Å². The fraction of sp³-hybridized carbons (Fsp3) is 0.900. The number of hydrogen-bond donors (Lipinski definition) is 0. The number of nitrogens with zero attached hydrogens (tertiary/aromatic N) is 3. The lowest BCUT2D eigenvalue weighted by Crippen LogP contribution is -2.34. The molecule has 0 aromatic heterocycles. The average molecular weight is 231 g/mol. The van der Waals surface area contributed by atoms with Crippen LogP contribution in [0.4, 0.5) is 0 Å². The zero-order valence-corrected chi connectivity index (χ0v) is 10.3. The topological polar surface area (TPSA) is 68.0 Å². The molecule has 16 heavy (non-hydrogen) atoms. The third-order valence-corrected chi connectivity index (χ3v) is 2.18. The molecule has 6 nitrogen and oxygen atoms in total. The molecule has 0 aromatic carbocycles. The van der Waals surface area contributed by atoms with E-state index in [2.05, 4.69) is 18.9 Å². The zero-order valence-electron chi connectivity index (χ0n) is 10.3. The van der Waals surface area contributed by atoms with Crippen molar-refractivity contribution in [1.82, 2.24) is 4.90 Å². The molecule has 0 heterocycles. The van der Waals surface area contributed by atoms with Crippen molar-refractivity contribution in [2.75, 3.05) is 20.2 Å². The van der Waals surface area contributed by atoms with E-state index in [0.717, 1.165) is 38.8 Å². The first-order chi connectivity index (χ1) is 7.65. The first-order valence-corrected chi connectivity index (χ1v) is 5.67. The number of rotatable bonds is 7. The number of nitro groups is 1. The summed E-state index contributed by atoms with van der Waals surface area (Å²) in [5, 5.41) is 12.9. The van der Waals surface area contributed by atoms with Gasteiger partial charge in [-0.25, -0.2) is 10.1 Å². The summed E-state index contributed by atoms with van der Waals surface area (Å²) in [4.78, 5) is 12.2. The molecule has 0 aromatic rings. The Morgan fingerprint density at radius 2 is 1.81 bits per heavy atom. The van der Waals surface area contributed by atoms with Gasteiger partial charge in [-0.15, -0.1) is 0 Å². The Morgan fingerprint density at radius 1 is 1.31 bits per heavy atom. The van der Waals surface area contributed by atoms with E-state index >= 15 is 0 Å². The van der Waals surface area contributed by atoms with Gasteiger partial charge in [-0.1, -0.05) is 26.7 Å². The predicted octanol–water partition coefficient (Wildman–Crippen LogP) is 2.08. The highest BCUT2D eigenvalue weighted by Crippen LogP contribution is 2.02. The predicted molar refractivity (Wildman–Crippen MR) is 62.8 cm³/mol. The third-order valence-electron chi connectivity index (χ3n) is 2.18. The molecule has 0 rings (SSSR count). The van der Waals surface area contributed by atoms with Crippen LogP contribution in [0, 0.1) is 10.1 Å². The van der Waals surface area contributed by atoms with Crippen molar-refractivity contribution in [1.29, 1.82) is 0 Å². The molecule has 0 aliphatic rings. The van der Waals surface area contributed by atoms with Gasteiger partial charge in [-0.3, -0.25) is 0 Å². The lowest BCUT2D eigenvalue weighted by atomic mass is 10.3. The van der Waals surface area contributed by atoms with Gasteiger partial charge in [0.25, 0.3) is 0 Å². The summed E-state index contributed by atoms with van der Waals surface area (Å²) in [6.45, 7) is 5.65. The van der Waals surface area contributed by atoms with E-state index in [1.54, 1.807) is 0 Å². The van der Waals surface area contributed by atoms with Gasteiger partial charge in [0.15, 0.2) is 5.03 Å². The van der Waals surface area contributed by atoms with Crippen molar-refractivity contribution in [3.63, 3.8) is 0 Å². The summed E-state index contributed by atoms with van der Waals surface area (Å²) in [5.41, 5.74) is 0. The number of amidine groups is 1. The van der Waals surface area contributed by atoms with Crippen molar-refractivity contribution >= 4 is 6.02 Å². The van der Waals surface area contributed by atoms with Crippen molar-refractivity contribution in [2.45, 2.75) is 39.5 Å². The van der Waals surface area contributed by atoms with Gasteiger partial charge in [0, 0.05) is 13.1 Å². The standard InChI is InChI=1S/C10H21N3O3/c1-4-6-8-12(9-7-5-2)10(16-3)11-13(14)15/h4-9H2,1-3H3/b11-10-. The van der Waals surface area contributed by atoms with Crippen LogP contribution in [-0.2, 0) is 4.74 Å². The molecule has 0 saturated heterocycles. The fourth-order valence-electron chi connectivity index (χ4n) is 1.30. The van der Waals surface area contributed by atoms with Crippen molar-refractivity contribution in [3.8, 4) is 0 Å². The van der Waals surface area contributed by atoms with Gasteiger partial charge in [-0.05, 0) is 12.8 Å². The third kappa shape index (κ3) is 6.21. The van der Waals surface area contributed by atoms with Gasteiger partial charge >= 0.3 is 6.02 Å². The molecule has 0 atom stereocenters. The minimum absolute atomic E-state index is 0.104. The van der Waals surface area contributed by atoms with Gasteiger partial charge in [0.1, 0.15) is 5.10 Å². The SMILES string of the molecule is CCCCN(CCCC)/C(=N/[N+](=O)[O-])OC. The van der Waals surface area contributed by atoms with Crippen LogP contribution in [-0.4, -0.2) is 36.2 Å². The van der Waals surface area contributed by atoms with E-state index < -0.39 is 5.03 Å². The second-order valence-corrected chi connectivity index (χ2v) is 3.52. The van der Waals surface area contributed by atoms with Crippen LogP contribution in [0.1, 0.15) is 39.5 Å². The molecule has 0 aliphatic carbocycles. The van der Waals surface area contributed by atoms with Crippen LogP contribution in [0.2, 0.25) is 0 Å². The summed E-state index contributed by atoms with van der Waals surface area (Å²) in [5.74, 6) is 0. The Bertz CT molecular complexity index is 223. The Morgan fingerprint density at radius 3 is 2.12 bits per heavy atom. The van der Waals surface area contributed by atoms with E-state index in [1.807, 2.05) is 4.90 Å². The Kier molecular flexibility index (Phi) is 8.19. The quantitative estimate of drug-likeness (QED) is 0.291. The van der Waals surface area contributed by atoms with E-state index in [0.29, 0.717) is 0 Å². The number of ether oxygens (including phenoxy) is 1. The summed E-state index contributed by atoms with van der Waals surface area (Å²) < 4.78 is 4.95. The first kappa shape index (κ1) is 14.7. The summed E-state index contributed by atoms with van der Waals surface area (Å²) in [7, 11) is 1.41. The van der Waals surface area contributed by atoms with Gasteiger partial charge < -0.3 is 9.64 Å². The molecule has 0 fully saturated rings. The normalized spacial score (nSPS) is 11.3. The van der Waals surface area contributed by atoms with Crippen LogP contribution in [0.15, 0.2) is 5.10 Å². The smallest absolute Gasteiger partial charge is 0.361 e.